The van der Waals surface area contributed by atoms with E-state index < -0.39 is 0 Å². The van der Waals surface area contributed by atoms with Crippen molar-refractivity contribution in [2.45, 2.75) is 26.7 Å². The van der Waals surface area contributed by atoms with E-state index >= 15 is 0 Å². The maximum Gasteiger partial charge on any atom is 0.238 e. The quantitative estimate of drug-likeness (QED) is 0.851. The van der Waals surface area contributed by atoms with Crippen molar-refractivity contribution in [2.75, 3.05) is 30.3 Å². The minimum Gasteiger partial charge on any atom is -0.326 e. The highest BCUT2D eigenvalue weighted by molar-refractivity contribution is 5.94. The first-order chi connectivity index (χ1) is 13.0. The molecule has 3 rings (SSSR count). The van der Waals surface area contributed by atoms with E-state index in [0.717, 1.165) is 36.3 Å². The molecular formula is C22H27N3O2. The van der Waals surface area contributed by atoms with Crippen molar-refractivity contribution in [1.82, 2.24) is 4.90 Å². The second kappa shape index (κ2) is 8.82. The monoisotopic (exact) mass is 365 g/mol. The van der Waals surface area contributed by atoms with Gasteiger partial charge in [0, 0.05) is 17.9 Å². The Morgan fingerprint density at radius 2 is 1.85 bits per heavy atom. The molecule has 2 amide bonds. The molecule has 0 aliphatic carbocycles. The van der Waals surface area contributed by atoms with Crippen molar-refractivity contribution < 1.29 is 9.59 Å². The van der Waals surface area contributed by atoms with Gasteiger partial charge in [-0.25, -0.2) is 0 Å². The van der Waals surface area contributed by atoms with Crippen molar-refractivity contribution in [1.29, 1.82) is 0 Å². The Bertz CT molecular complexity index is 804. The van der Waals surface area contributed by atoms with Gasteiger partial charge in [-0.15, -0.1) is 0 Å². The third-order valence-corrected chi connectivity index (χ3v) is 4.94. The van der Waals surface area contributed by atoms with Crippen molar-refractivity contribution in [3.63, 3.8) is 0 Å². The minimum atomic E-state index is -0.0899. The van der Waals surface area contributed by atoms with E-state index in [1.807, 2.05) is 56.3 Å². The van der Waals surface area contributed by atoms with Gasteiger partial charge in [0.05, 0.1) is 12.5 Å². The van der Waals surface area contributed by atoms with Gasteiger partial charge >= 0.3 is 0 Å². The summed E-state index contributed by atoms with van der Waals surface area (Å²) >= 11 is 0. The minimum absolute atomic E-state index is 0.0284. The predicted molar refractivity (Wildman–Crippen MR) is 109 cm³/mol. The van der Waals surface area contributed by atoms with Gasteiger partial charge in [0.25, 0.3) is 0 Å². The van der Waals surface area contributed by atoms with E-state index in [1.165, 1.54) is 5.56 Å². The van der Waals surface area contributed by atoms with Crippen LogP contribution >= 0.6 is 0 Å². The zero-order chi connectivity index (χ0) is 19.2. The van der Waals surface area contributed by atoms with Crippen LogP contribution in [0.2, 0.25) is 0 Å². The van der Waals surface area contributed by atoms with Crippen LogP contribution in [0.4, 0.5) is 11.4 Å². The number of rotatable bonds is 5. The topological polar surface area (TPSA) is 61.4 Å². The van der Waals surface area contributed by atoms with Gasteiger partial charge in [-0.2, -0.15) is 0 Å². The van der Waals surface area contributed by atoms with Crippen LogP contribution in [0, 0.1) is 19.8 Å². The zero-order valence-electron chi connectivity index (χ0n) is 16.0. The summed E-state index contributed by atoms with van der Waals surface area (Å²) in [5.74, 6) is -0.0976. The number of carbonyl (C=O) groups is 2. The molecule has 1 unspecified atom stereocenters. The number of hydrogen-bond donors (Lipinski definition) is 2. The molecular weight excluding hydrogens is 338 g/mol. The summed E-state index contributed by atoms with van der Waals surface area (Å²) in [5.41, 5.74) is 3.89. The van der Waals surface area contributed by atoms with Crippen LogP contribution < -0.4 is 10.6 Å². The number of aryl methyl sites for hydroxylation is 2. The zero-order valence-corrected chi connectivity index (χ0v) is 16.0. The fourth-order valence-electron chi connectivity index (χ4n) is 3.53. The number of anilines is 2. The standard InChI is InChI=1S/C22H27N3O2/c1-16-10-11-20(17(2)13-16)24-21(26)15-25-12-6-7-18(14-25)22(27)23-19-8-4-3-5-9-19/h3-5,8-11,13,18H,6-7,12,14-15H2,1-2H3,(H,23,27)(H,24,26). The van der Waals surface area contributed by atoms with Gasteiger partial charge in [0.1, 0.15) is 0 Å². The van der Waals surface area contributed by atoms with Gasteiger partial charge in [0.2, 0.25) is 11.8 Å². The van der Waals surface area contributed by atoms with Gasteiger partial charge in [-0.1, -0.05) is 35.9 Å². The summed E-state index contributed by atoms with van der Waals surface area (Å²) in [6, 6.07) is 15.5. The Morgan fingerprint density at radius 1 is 1.07 bits per heavy atom. The van der Waals surface area contributed by atoms with Gasteiger partial charge in [-0.05, 0) is 57.0 Å². The summed E-state index contributed by atoms with van der Waals surface area (Å²) in [5, 5.41) is 5.96. The lowest BCUT2D eigenvalue weighted by atomic mass is 9.97. The molecule has 0 bridgehead atoms. The number of piperidine rings is 1. The molecule has 0 saturated carbocycles. The summed E-state index contributed by atoms with van der Waals surface area (Å²) in [6.07, 6.45) is 1.78. The van der Waals surface area contributed by atoms with Crippen LogP contribution in [0.3, 0.4) is 0 Å². The molecule has 2 aromatic carbocycles. The highest BCUT2D eigenvalue weighted by atomic mass is 16.2. The van der Waals surface area contributed by atoms with E-state index in [0.29, 0.717) is 13.1 Å². The maximum atomic E-state index is 12.5. The molecule has 0 radical (unpaired) electrons. The first-order valence-electron chi connectivity index (χ1n) is 9.46. The normalized spacial score (nSPS) is 17.3. The second-order valence-corrected chi connectivity index (χ2v) is 7.30. The Hall–Kier alpha value is -2.66. The first kappa shape index (κ1) is 19.1. The number of para-hydroxylation sites is 1. The lowest BCUT2D eigenvalue weighted by molar-refractivity contribution is -0.123. The van der Waals surface area contributed by atoms with Crippen LogP contribution in [0.25, 0.3) is 0 Å². The molecule has 2 aromatic rings. The average Bonchev–Trinajstić information content (AvgIpc) is 2.65. The number of nitrogens with one attached hydrogen (secondary N) is 2. The van der Waals surface area contributed by atoms with E-state index in [9.17, 15) is 9.59 Å². The Morgan fingerprint density at radius 3 is 2.59 bits per heavy atom. The fourth-order valence-corrected chi connectivity index (χ4v) is 3.53. The van der Waals surface area contributed by atoms with Crippen LogP contribution in [0.15, 0.2) is 48.5 Å². The lowest BCUT2D eigenvalue weighted by Gasteiger charge is -2.31. The molecule has 27 heavy (non-hydrogen) atoms. The highest BCUT2D eigenvalue weighted by Gasteiger charge is 2.27. The summed E-state index contributed by atoms with van der Waals surface area (Å²) in [4.78, 5) is 27.0. The molecule has 2 N–H and O–H groups in total. The fraction of sp³-hybridized carbons (Fsp3) is 0.364. The summed E-state index contributed by atoms with van der Waals surface area (Å²) in [6.45, 7) is 5.79. The van der Waals surface area contributed by atoms with E-state index in [4.69, 9.17) is 0 Å². The van der Waals surface area contributed by atoms with Crippen molar-refractivity contribution in [3.05, 3.63) is 59.7 Å². The van der Waals surface area contributed by atoms with Gasteiger partial charge < -0.3 is 10.6 Å². The molecule has 0 spiro atoms. The smallest absolute Gasteiger partial charge is 0.238 e. The van der Waals surface area contributed by atoms with Crippen molar-refractivity contribution >= 4 is 23.2 Å². The van der Waals surface area contributed by atoms with Crippen molar-refractivity contribution in [3.8, 4) is 0 Å². The maximum absolute atomic E-state index is 12.5. The van der Waals surface area contributed by atoms with Crippen LogP contribution in [-0.4, -0.2) is 36.3 Å². The molecule has 1 aliphatic rings. The molecule has 1 fully saturated rings. The number of benzene rings is 2. The number of likely N-dealkylation sites (tertiary alicyclic amines) is 1. The Kier molecular flexibility index (Phi) is 6.24. The SMILES string of the molecule is Cc1ccc(NC(=O)CN2CCCC(C(=O)Nc3ccccc3)C2)c(C)c1. The largest absolute Gasteiger partial charge is 0.326 e. The third-order valence-electron chi connectivity index (χ3n) is 4.94. The van der Waals surface area contributed by atoms with Crippen molar-refractivity contribution in [2.24, 2.45) is 5.92 Å². The Balaban J connectivity index is 1.53. The lowest BCUT2D eigenvalue weighted by Crippen LogP contribution is -2.44. The third kappa shape index (κ3) is 5.41. The highest BCUT2D eigenvalue weighted by Crippen LogP contribution is 2.20. The van der Waals surface area contributed by atoms with E-state index in [-0.39, 0.29) is 17.7 Å². The van der Waals surface area contributed by atoms with Gasteiger partial charge in [-0.3, -0.25) is 14.5 Å². The number of nitrogens with zero attached hydrogens (tertiary/aromatic N) is 1. The van der Waals surface area contributed by atoms with Crippen LogP contribution in [0.1, 0.15) is 24.0 Å². The summed E-state index contributed by atoms with van der Waals surface area (Å²) in [7, 11) is 0. The molecule has 0 aromatic heterocycles. The van der Waals surface area contributed by atoms with Crippen LogP contribution in [0.5, 0.6) is 0 Å². The predicted octanol–water partition coefficient (Wildman–Crippen LogP) is 3.59. The first-order valence-corrected chi connectivity index (χ1v) is 9.46. The second-order valence-electron chi connectivity index (χ2n) is 7.30. The number of amides is 2. The average molecular weight is 365 g/mol. The molecule has 5 nitrogen and oxygen atoms in total. The van der Waals surface area contributed by atoms with Crippen LogP contribution in [-0.2, 0) is 9.59 Å². The molecule has 1 saturated heterocycles. The molecule has 142 valence electrons. The Labute approximate surface area is 160 Å². The molecule has 1 heterocycles. The molecule has 1 atom stereocenters. The molecule has 5 heteroatoms. The number of hydrogen-bond acceptors (Lipinski definition) is 3. The molecule has 1 aliphatic heterocycles. The van der Waals surface area contributed by atoms with E-state index in [2.05, 4.69) is 21.6 Å². The summed E-state index contributed by atoms with van der Waals surface area (Å²) < 4.78 is 0. The number of carbonyl (C=O) groups excluding carboxylic acids is 2. The van der Waals surface area contributed by atoms with E-state index in [1.54, 1.807) is 0 Å². The van der Waals surface area contributed by atoms with Gasteiger partial charge in [0.15, 0.2) is 0 Å².